The number of aryl methyl sites for hydroxylation is 1. The van der Waals surface area contributed by atoms with Gasteiger partial charge < -0.3 is 14.2 Å². The molecule has 0 spiro atoms. The van der Waals surface area contributed by atoms with Crippen LogP contribution in [0.2, 0.25) is 0 Å². The van der Waals surface area contributed by atoms with Crippen molar-refractivity contribution in [2.24, 2.45) is 0 Å². The highest BCUT2D eigenvalue weighted by molar-refractivity contribution is 5.77. The number of hydrogen-bond donors (Lipinski definition) is 0. The molecule has 1 saturated heterocycles. The molecule has 3 aromatic rings. The summed E-state index contributed by atoms with van der Waals surface area (Å²) in [4.78, 5) is 27.4. The highest BCUT2D eigenvalue weighted by Gasteiger charge is 2.22. The molecule has 2 amide bonds. The molecule has 0 saturated carbocycles. The van der Waals surface area contributed by atoms with Gasteiger partial charge in [0.2, 0.25) is 23.6 Å². The minimum Gasteiger partial charge on any atom is -0.425 e. The normalized spacial score (nSPS) is 14.0. The molecule has 2 aromatic carbocycles. The molecule has 0 bridgehead atoms. The molecule has 1 aromatic heterocycles. The third-order valence-electron chi connectivity index (χ3n) is 5.56. The number of aromatic nitrogens is 2. The first-order chi connectivity index (χ1) is 15.1. The van der Waals surface area contributed by atoms with Crippen LogP contribution in [-0.2, 0) is 22.4 Å². The maximum absolute atomic E-state index is 12.4. The van der Waals surface area contributed by atoms with Crippen molar-refractivity contribution in [1.82, 2.24) is 20.0 Å². The summed E-state index contributed by atoms with van der Waals surface area (Å²) in [6.45, 7) is 3.89. The summed E-state index contributed by atoms with van der Waals surface area (Å²) in [6.07, 6.45) is 1.31. The fourth-order valence-corrected chi connectivity index (χ4v) is 3.72. The van der Waals surface area contributed by atoms with E-state index in [1.54, 1.807) is 16.7 Å². The molecule has 4 rings (SSSR count). The smallest absolute Gasteiger partial charge is 0.223 e. The maximum atomic E-state index is 12.4. The zero-order valence-corrected chi connectivity index (χ0v) is 17.7. The van der Waals surface area contributed by atoms with Crippen LogP contribution < -0.4 is 0 Å². The molecule has 0 unspecified atom stereocenters. The number of carbonyl (C=O) groups is 2. The number of benzene rings is 2. The van der Waals surface area contributed by atoms with Crippen LogP contribution in [0.1, 0.15) is 30.7 Å². The summed E-state index contributed by atoms with van der Waals surface area (Å²) in [5.74, 6) is 1.14. The van der Waals surface area contributed by atoms with E-state index in [9.17, 15) is 9.59 Å². The molecule has 1 aliphatic rings. The zero-order valence-electron chi connectivity index (χ0n) is 17.7. The van der Waals surface area contributed by atoms with Gasteiger partial charge in [0, 0.05) is 45.9 Å². The van der Waals surface area contributed by atoms with E-state index in [1.807, 2.05) is 18.2 Å². The van der Waals surface area contributed by atoms with Gasteiger partial charge in [-0.3, -0.25) is 9.59 Å². The number of carbonyl (C=O) groups excluding carboxylic acids is 2. The van der Waals surface area contributed by atoms with Crippen molar-refractivity contribution >= 4 is 11.8 Å². The lowest BCUT2D eigenvalue weighted by molar-refractivity contribution is -0.138. The Labute approximate surface area is 181 Å². The van der Waals surface area contributed by atoms with Gasteiger partial charge >= 0.3 is 0 Å². The Morgan fingerprint density at radius 3 is 2.13 bits per heavy atom. The number of nitrogens with zero attached hydrogens (tertiary/aromatic N) is 4. The molecule has 0 radical (unpaired) electrons. The average Bonchev–Trinajstić information content (AvgIpc) is 3.26. The van der Waals surface area contributed by atoms with Gasteiger partial charge in [-0.1, -0.05) is 54.6 Å². The van der Waals surface area contributed by atoms with Gasteiger partial charge in [0.05, 0.1) is 6.42 Å². The van der Waals surface area contributed by atoms with Gasteiger partial charge in [-0.25, -0.2) is 0 Å². The van der Waals surface area contributed by atoms with Crippen LogP contribution in [0.15, 0.2) is 59.0 Å². The summed E-state index contributed by atoms with van der Waals surface area (Å²) in [7, 11) is 0. The summed E-state index contributed by atoms with van der Waals surface area (Å²) in [5, 5.41) is 8.22. The fraction of sp³-hybridized carbons (Fsp3) is 0.333. The van der Waals surface area contributed by atoms with Gasteiger partial charge in [-0.05, 0) is 16.7 Å². The molecular weight excluding hydrogens is 392 g/mol. The van der Waals surface area contributed by atoms with Crippen molar-refractivity contribution in [3.8, 4) is 11.1 Å². The molecule has 0 aliphatic carbocycles. The Kier molecular flexibility index (Phi) is 6.40. The quantitative estimate of drug-likeness (QED) is 0.615. The third-order valence-corrected chi connectivity index (χ3v) is 5.56. The van der Waals surface area contributed by atoms with E-state index >= 15 is 0 Å². The Morgan fingerprint density at radius 2 is 1.45 bits per heavy atom. The van der Waals surface area contributed by atoms with E-state index in [1.165, 1.54) is 11.1 Å². The molecule has 2 heterocycles. The standard InChI is InChI=1S/C24H26N4O3/c1-18(29)27-13-15-28(16-14-27)24(30)12-11-22-25-26-23(31-22)17-19-7-9-21(10-8-19)20-5-3-2-4-6-20/h2-10H,11-17H2,1H3. The van der Waals surface area contributed by atoms with Crippen molar-refractivity contribution in [2.75, 3.05) is 26.2 Å². The maximum Gasteiger partial charge on any atom is 0.223 e. The summed E-state index contributed by atoms with van der Waals surface area (Å²) in [5.41, 5.74) is 3.44. The van der Waals surface area contributed by atoms with Crippen LogP contribution in [0.25, 0.3) is 11.1 Å². The highest BCUT2D eigenvalue weighted by Crippen LogP contribution is 2.20. The van der Waals surface area contributed by atoms with E-state index in [0.29, 0.717) is 57.2 Å². The minimum atomic E-state index is 0.0550. The Bertz CT molecular complexity index is 1020. The van der Waals surface area contributed by atoms with Crippen molar-refractivity contribution in [2.45, 2.75) is 26.2 Å². The van der Waals surface area contributed by atoms with Crippen molar-refractivity contribution in [1.29, 1.82) is 0 Å². The van der Waals surface area contributed by atoms with Crippen LogP contribution in [0.3, 0.4) is 0 Å². The van der Waals surface area contributed by atoms with E-state index in [0.717, 1.165) is 5.56 Å². The van der Waals surface area contributed by atoms with Gasteiger partial charge in [0.15, 0.2) is 0 Å². The predicted octanol–water partition coefficient (Wildman–Crippen LogP) is 2.95. The molecule has 7 nitrogen and oxygen atoms in total. The van der Waals surface area contributed by atoms with E-state index in [2.05, 4.69) is 46.6 Å². The second-order valence-electron chi connectivity index (χ2n) is 7.72. The Hall–Kier alpha value is -3.48. The molecular formula is C24H26N4O3. The molecule has 0 N–H and O–H groups in total. The van der Waals surface area contributed by atoms with Crippen LogP contribution >= 0.6 is 0 Å². The number of hydrogen-bond acceptors (Lipinski definition) is 5. The van der Waals surface area contributed by atoms with E-state index in [4.69, 9.17) is 4.42 Å². The van der Waals surface area contributed by atoms with Crippen molar-refractivity contribution in [3.63, 3.8) is 0 Å². The highest BCUT2D eigenvalue weighted by atomic mass is 16.4. The van der Waals surface area contributed by atoms with Crippen molar-refractivity contribution in [3.05, 3.63) is 71.9 Å². The van der Waals surface area contributed by atoms with Crippen LogP contribution in [-0.4, -0.2) is 58.0 Å². The Balaban J connectivity index is 1.27. The van der Waals surface area contributed by atoms with Gasteiger partial charge in [-0.15, -0.1) is 10.2 Å². The third kappa shape index (κ3) is 5.36. The molecule has 7 heteroatoms. The Morgan fingerprint density at radius 1 is 0.839 bits per heavy atom. The first-order valence-corrected chi connectivity index (χ1v) is 10.6. The number of amides is 2. The lowest BCUT2D eigenvalue weighted by atomic mass is 10.0. The number of rotatable bonds is 6. The predicted molar refractivity (Wildman–Crippen MR) is 116 cm³/mol. The second kappa shape index (κ2) is 9.55. The van der Waals surface area contributed by atoms with Gasteiger partial charge in [-0.2, -0.15) is 0 Å². The summed E-state index contributed by atoms with van der Waals surface area (Å²) in [6, 6.07) is 18.5. The topological polar surface area (TPSA) is 79.5 Å². The SMILES string of the molecule is CC(=O)N1CCN(C(=O)CCc2nnc(Cc3ccc(-c4ccccc4)cc3)o2)CC1. The first kappa shape index (κ1) is 20.8. The lowest BCUT2D eigenvalue weighted by Gasteiger charge is -2.34. The fourth-order valence-electron chi connectivity index (χ4n) is 3.72. The van der Waals surface area contributed by atoms with Crippen LogP contribution in [0, 0.1) is 0 Å². The number of piperazine rings is 1. The summed E-state index contributed by atoms with van der Waals surface area (Å²) >= 11 is 0. The van der Waals surface area contributed by atoms with Gasteiger partial charge in [0.25, 0.3) is 0 Å². The average molecular weight is 418 g/mol. The molecule has 1 aliphatic heterocycles. The summed E-state index contributed by atoms with van der Waals surface area (Å²) < 4.78 is 5.74. The molecule has 0 atom stereocenters. The molecule has 31 heavy (non-hydrogen) atoms. The molecule has 1 fully saturated rings. The minimum absolute atomic E-state index is 0.0550. The van der Waals surface area contributed by atoms with Crippen LogP contribution in [0.5, 0.6) is 0 Å². The largest absolute Gasteiger partial charge is 0.425 e. The van der Waals surface area contributed by atoms with Crippen molar-refractivity contribution < 1.29 is 14.0 Å². The lowest BCUT2D eigenvalue weighted by Crippen LogP contribution is -2.50. The van der Waals surface area contributed by atoms with E-state index in [-0.39, 0.29) is 11.8 Å². The first-order valence-electron chi connectivity index (χ1n) is 10.6. The monoisotopic (exact) mass is 418 g/mol. The van der Waals surface area contributed by atoms with Gasteiger partial charge in [0.1, 0.15) is 0 Å². The second-order valence-corrected chi connectivity index (χ2v) is 7.72. The molecule has 160 valence electrons. The van der Waals surface area contributed by atoms with E-state index < -0.39 is 0 Å². The zero-order chi connectivity index (χ0) is 21.6. The van der Waals surface area contributed by atoms with Crippen LogP contribution in [0.4, 0.5) is 0 Å².